The number of carbonyl (C=O) groups is 1. The normalized spacial score (nSPS) is 11.6. The summed E-state index contributed by atoms with van der Waals surface area (Å²) in [5, 5.41) is 3.50. The molecular weight excluding hydrogens is 526 g/mol. The Kier molecular flexibility index (Phi) is 6.57. The van der Waals surface area contributed by atoms with E-state index in [1.807, 2.05) is 18.2 Å². The molecule has 0 aliphatic rings. The van der Waals surface area contributed by atoms with Crippen molar-refractivity contribution in [1.29, 1.82) is 0 Å². The van der Waals surface area contributed by atoms with Crippen LogP contribution in [0.3, 0.4) is 0 Å². The van der Waals surface area contributed by atoms with Crippen LogP contribution in [0, 0.1) is 0 Å². The van der Waals surface area contributed by atoms with Gasteiger partial charge >= 0.3 is 0 Å². The molecule has 1 heterocycles. The summed E-state index contributed by atoms with van der Waals surface area (Å²) >= 11 is 6.91. The zero-order chi connectivity index (χ0) is 21.2. The third kappa shape index (κ3) is 4.77. The number of carbonyl (C=O) groups excluding carboxylic acids is 1. The van der Waals surface area contributed by atoms with Gasteiger partial charge in [0.1, 0.15) is 5.52 Å². The minimum Gasteiger partial charge on any atom is -0.480 e. The highest BCUT2D eigenvalue weighted by atomic mass is 79.9. The number of fused-ring (bicyclic) bond motifs is 1. The van der Waals surface area contributed by atoms with Crippen molar-refractivity contribution in [3.05, 3.63) is 57.6 Å². The Morgan fingerprint density at radius 3 is 2.62 bits per heavy atom. The number of hydrogen-bond donors (Lipinski definition) is 1. The van der Waals surface area contributed by atoms with Crippen molar-refractivity contribution in [2.75, 3.05) is 26.0 Å². The van der Waals surface area contributed by atoms with Crippen molar-refractivity contribution in [1.82, 2.24) is 9.29 Å². The summed E-state index contributed by atoms with van der Waals surface area (Å²) in [4.78, 5) is 16.8. The number of hydrogen-bond acceptors (Lipinski definition) is 5. The third-order valence-corrected chi connectivity index (χ3v) is 7.05. The van der Waals surface area contributed by atoms with Crippen molar-refractivity contribution < 1.29 is 17.9 Å². The molecule has 0 radical (unpaired) electrons. The summed E-state index contributed by atoms with van der Waals surface area (Å²) < 4.78 is 32.8. The van der Waals surface area contributed by atoms with E-state index in [0.717, 1.165) is 14.2 Å². The van der Waals surface area contributed by atoms with Crippen LogP contribution in [0.15, 0.2) is 62.5 Å². The molecule has 7 nitrogen and oxygen atoms in total. The van der Waals surface area contributed by atoms with Crippen LogP contribution in [0.2, 0.25) is 0 Å². The van der Waals surface area contributed by atoms with Crippen LogP contribution in [0.25, 0.3) is 10.9 Å². The van der Waals surface area contributed by atoms with Gasteiger partial charge in [0.2, 0.25) is 10.0 Å². The van der Waals surface area contributed by atoms with Gasteiger partial charge in [0.25, 0.3) is 5.91 Å². The fraction of sp³-hybridized carbons (Fsp3) is 0.158. The third-order valence-electron chi connectivity index (χ3n) is 3.99. The van der Waals surface area contributed by atoms with E-state index in [1.54, 1.807) is 18.3 Å². The second kappa shape index (κ2) is 8.78. The monoisotopic (exact) mass is 541 g/mol. The first kappa shape index (κ1) is 21.7. The fourth-order valence-electron chi connectivity index (χ4n) is 2.56. The number of rotatable bonds is 6. The number of pyridine rings is 1. The Hall–Kier alpha value is -2.01. The van der Waals surface area contributed by atoms with Crippen LogP contribution in [0.1, 0.15) is 0 Å². The van der Waals surface area contributed by atoms with Gasteiger partial charge in [-0.05, 0) is 46.3 Å². The lowest BCUT2D eigenvalue weighted by Gasteiger charge is -2.14. The highest BCUT2D eigenvalue weighted by Gasteiger charge is 2.18. The molecule has 0 unspecified atom stereocenters. The summed E-state index contributed by atoms with van der Waals surface area (Å²) in [7, 11) is -0.698. The van der Waals surface area contributed by atoms with Crippen LogP contribution < -0.4 is 10.1 Å². The van der Waals surface area contributed by atoms with Gasteiger partial charge in [0.15, 0.2) is 12.4 Å². The van der Waals surface area contributed by atoms with Crippen LogP contribution >= 0.6 is 31.9 Å². The largest absolute Gasteiger partial charge is 0.480 e. The van der Waals surface area contributed by atoms with E-state index in [-0.39, 0.29) is 11.5 Å². The lowest BCUT2D eigenvalue weighted by atomic mass is 10.2. The summed E-state index contributed by atoms with van der Waals surface area (Å²) in [5.74, 6) is 0.0196. The molecule has 0 aliphatic carbocycles. The maximum atomic E-state index is 12.4. The van der Waals surface area contributed by atoms with Crippen LogP contribution in [0.5, 0.6) is 5.75 Å². The Morgan fingerprint density at radius 2 is 1.90 bits per heavy atom. The second-order valence-corrected chi connectivity index (χ2v) is 10.1. The number of halogens is 2. The van der Waals surface area contributed by atoms with Gasteiger partial charge in [-0.25, -0.2) is 12.7 Å². The molecule has 0 saturated carbocycles. The summed E-state index contributed by atoms with van der Waals surface area (Å²) in [6.45, 7) is -0.267. The molecular formula is C19H17Br2N3O4S. The fourth-order valence-corrected chi connectivity index (χ4v) is 4.90. The summed E-state index contributed by atoms with van der Waals surface area (Å²) in [6, 6.07) is 11.6. The molecule has 0 fully saturated rings. The number of aromatic nitrogens is 1. The van der Waals surface area contributed by atoms with E-state index in [2.05, 4.69) is 42.2 Å². The first-order valence-electron chi connectivity index (χ1n) is 8.38. The minimum atomic E-state index is -3.59. The lowest BCUT2D eigenvalue weighted by molar-refractivity contribution is -0.118. The maximum absolute atomic E-state index is 12.4. The Labute approximate surface area is 185 Å². The van der Waals surface area contributed by atoms with Crippen molar-refractivity contribution in [2.45, 2.75) is 4.90 Å². The number of anilines is 1. The number of benzene rings is 2. The van der Waals surface area contributed by atoms with Crippen molar-refractivity contribution >= 4 is 64.4 Å². The van der Waals surface area contributed by atoms with Gasteiger partial charge in [-0.3, -0.25) is 9.78 Å². The highest BCUT2D eigenvalue weighted by molar-refractivity contribution is 9.11. The molecule has 0 saturated heterocycles. The minimum absolute atomic E-state index is 0.0899. The van der Waals surface area contributed by atoms with E-state index in [0.29, 0.717) is 21.4 Å². The summed E-state index contributed by atoms with van der Waals surface area (Å²) in [5.41, 5.74) is 0.972. The molecule has 0 spiro atoms. The van der Waals surface area contributed by atoms with Crippen LogP contribution in [0.4, 0.5) is 5.69 Å². The van der Waals surface area contributed by atoms with Crippen LogP contribution in [-0.4, -0.2) is 44.3 Å². The molecule has 3 rings (SSSR count). The SMILES string of the molecule is CN(C)S(=O)(=O)c1cccc(NC(=O)COc2c(Br)cc(Br)c3cccnc23)c1. The molecule has 1 aromatic heterocycles. The zero-order valence-corrected chi connectivity index (χ0v) is 19.5. The van der Waals surface area contributed by atoms with Gasteiger partial charge < -0.3 is 10.1 Å². The van der Waals surface area contributed by atoms with E-state index in [1.165, 1.54) is 26.2 Å². The topological polar surface area (TPSA) is 88.6 Å². The first-order valence-corrected chi connectivity index (χ1v) is 11.4. The smallest absolute Gasteiger partial charge is 0.262 e. The number of ether oxygens (including phenoxy) is 1. The molecule has 2 aromatic carbocycles. The van der Waals surface area contributed by atoms with Crippen molar-refractivity contribution in [3.63, 3.8) is 0 Å². The van der Waals surface area contributed by atoms with Gasteiger partial charge in [0, 0.05) is 35.8 Å². The second-order valence-electron chi connectivity index (χ2n) is 6.22. The maximum Gasteiger partial charge on any atom is 0.262 e. The predicted molar refractivity (Wildman–Crippen MR) is 119 cm³/mol. The van der Waals surface area contributed by atoms with E-state index in [9.17, 15) is 13.2 Å². The molecule has 1 amide bonds. The van der Waals surface area contributed by atoms with Gasteiger partial charge in [-0.1, -0.05) is 28.1 Å². The molecule has 0 atom stereocenters. The predicted octanol–water partition coefficient (Wildman–Crippen LogP) is 4.03. The molecule has 29 heavy (non-hydrogen) atoms. The van der Waals surface area contributed by atoms with E-state index < -0.39 is 15.9 Å². The lowest BCUT2D eigenvalue weighted by Crippen LogP contribution is -2.23. The van der Waals surface area contributed by atoms with E-state index >= 15 is 0 Å². The molecule has 1 N–H and O–H groups in total. The highest BCUT2D eigenvalue weighted by Crippen LogP contribution is 2.37. The Balaban J connectivity index is 1.76. The summed E-state index contributed by atoms with van der Waals surface area (Å²) in [6.07, 6.45) is 1.64. The van der Waals surface area contributed by atoms with Crippen molar-refractivity contribution in [3.8, 4) is 5.75 Å². The standard InChI is InChI=1S/C19H17Br2N3O4S/c1-24(2)29(26,27)13-6-3-5-12(9-13)23-17(25)11-28-19-16(21)10-15(20)14-7-4-8-22-18(14)19/h3-10H,11H2,1-2H3,(H,23,25). The average Bonchev–Trinajstić information content (AvgIpc) is 2.68. The average molecular weight is 543 g/mol. The van der Waals surface area contributed by atoms with Gasteiger partial charge in [-0.2, -0.15) is 0 Å². The van der Waals surface area contributed by atoms with Gasteiger partial charge in [-0.15, -0.1) is 0 Å². The quantitative estimate of drug-likeness (QED) is 0.508. The Bertz CT molecular complexity index is 1180. The molecule has 10 heteroatoms. The molecule has 152 valence electrons. The first-order chi connectivity index (χ1) is 13.7. The van der Waals surface area contributed by atoms with Gasteiger partial charge in [0.05, 0.1) is 9.37 Å². The number of amides is 1. The molecule has 0 aliphatic heterocycles. The Morgan fingerprint density at radius 1 is 1.14 bits per heavy atom. The number of nitrogens with zero attached hydrogens (tertiary/aromatic N) is 2. The van der Waals surface area contributed by atoms with Crippen LogP contribution in [-0.2, 0) is 14.8 Å². The van der Waals surface area contributed by atoms with E-state index in [4.69, 9.17) is 4.74 Å². The molecule has 3 aromatic rings. The van der Waals surface area contributed by atoms with Crippen molar-refractivity contribution in [2.24, 2.45) is 0 Å². The molecule has 0 bridgehead atoms. The number of sulfonamides is 1. The zero-order valence-electron chi connectivity index (χ0n) is 15.5. The number of nitrogens with one attached hydrogen (secondary N) is 1.